The average Bonchev–Trinajstić information content (AvgIpc) is 3.03. The zero-order valence-electron chi connectivity index (χ0n) is 10.6. The Bertz CT molecular complexity index is 304. The normalized spacial score (nSPS) is 24.4. The van der Waals surface area contributed by atoms with Gasteiger partial charge in [-0.05, 0) is 50.9 Å². The number of nitrogens with zero attached hydrogens (tertiary/aromatic N) is 2. The summed E-state index contributed by atoms with van der Waals surface area (Å²) in [5.74, 6) is 0. The minimum Gasteiger partial charge on any atom is -0.381 e. The lowest BCUT2D eigenvalue weighted by Gasteiger charge is -2.18. The summed E-state index contributed by atoms with van der Waals surface area (Å²) in [7, 11) is 2.19. The molecule has 0 aliphatic carbocycles. The van der Waals surface area contributed by atoms with Gasteiger partial charge in [-0.2, -0.15) is 0 Å². The lowest BCUT2D eigenvalue weighted by Crippen LogP contribution is -2.17. The van der Waals surface area contributed by atoms with E-state index in [1.807, 2.05) is 18.5 Å². The summed E-state index contributed by atoms with van der Waals surface area (Å²) in [5, 5.41) is 0. The number of likely N-dealkylation sites (tertiary alicyclic amines) is 1. The maximum absolute atomic E-state index is 4.94. The molecular weight excluding hydrogens is 212 g/mol. The Hall–Kier alpha value is -0.930. The summed E-state index contributed by atoms with van der Waals surface area (Å²) in [4.78, 5) is 6.54. The molecule has 0 radical (unpaired) electrons. The molecule has 0 bridgehead atoms. The van der Waals surface area contributed by atoms with Crippen LogP contribution in [0.5, 0.6) is 0 Å². The number of hydrogen-bond acceptors (Lipinski definition) is 3. The van der Waals surface area contributed by atoms with Crippen LogP contribution in [0.25, 0.3) is 0 Å². The van der Waals surface area contributed by atoms with E-state index in [-0.39, 0.29) is 0 Å². The van der Waals surface area contributed by atoms with Gasteiger partial charge in [-0.25, -0.2) is 0 Å². The van der Waals surface area contributed by atoms with Crippen LogP contribution in [0.2, 0.25) is 0 Å². The van der Waals surface area contributed by atoms with Crippen molar-refractivity contribution in [2.75, 3.05) is 26.8 Å². The molecule has 0 aromatic carbocycles. The van der Waals surface area contributed by atoms with Crippen molar-refractivity contribution in [2.24, 2.45) is 0 Å². The molecular formula is C14H22N2O. The van der Waals surface area contributed by atoms with Crippen LogP contribution < -0.4 is 0 Å². The Morgan fingerprint density at radius 2 is 2.12 bits per heavy atom. The van der Waals surface area contributed by atoms with E-state index in [0.717, 1.165) is 13.2 Å². The van der Waals surface area contributed by atoms with Crippen LogP contribution in [0, 0.1) is 0 Å². The van der Waals surface area contributed by atoms with Gasteiger partial charge in [0.1, 0.15) is 0 Å². The first-order valence-corrected chi connectivity index (χ1v) is 6.56. The van der Waals surface area contributed by atoms with Gasteiger partial charge in [-0.3, -0.25) is 9.88 Å². The standard InChI is InChI=1S/C10H14N2.C4H8O/c1-12-7-3-5-10(12)9-4-2-6-11-8-9;1-2-4-5-3-1/h2,4,6,8,10H,3,5,7H2,1H3;1-4H2/t10-;/m0./s1. The van der Waals surface area contributed by atoms with Crippen LogP contribution in [0.3, 0.4) is 0 Å². The molecule has 0 amide bonds. The van der Waals surface area contributed by atoms with Crippen LogP contribution in [0.15, 0.2) is 24.5 Å². The predicted molar refractivity (Wildman–Crippen MR) is 68.9 cm³/mol. The fraction of sp³-hybridized carbons (Fsp3) is 0.643. The number of ether oxygens (including phenoxy) is 1. The lowest BCUT2D eigenvalue weighted by atomic mass is 10.1. The fourth-order valence-corrected chi connectivity index (χ4v) is 2.41. The zero-order chi connectivity index (χ0) is 11.9. The Morgan fingerprint density at radius 3 is 2.59 bits per heavy atom. The van der Waals surface area contributed by atoms with E-state index in [4.69, 9.17) is 4.74 Å². The molecule has 3 heteroatoms. The highest BCUT2D eigenvalue weighted by Gasteiger charge is 2.21. The molecule has 1 atom stereocenters. The molecule has 3 rings (SSSR count). The Kier molecular flexibility index (Phi) is 4.95. The molecule has 2 saturated heterocycles. The summed E-state index contributed by atoms with van der Waals surface area (Å²) in [5.41, 5.74) is 1.36. The van der Waals surface area contributed by atoms with Crippen molar-refractivity contribution in [3.63, 3.8) is 0 Å². The van der Waals surface area contributed by atoms with E-state index in [0.29, 0.717) is 6.04 Å². The van der Waals surface area contributed by atoms with E-state index >= 15 is 0 Å². The summed E-state index contributed by atoms with van der Waals surface area (Å²) in [6, 6.07) is 4.79. The zero-order valence-corrected chi connectivity index (χ0v) is 10.6. The van der Waals surface area contributed by atoms with Gasteiger partial charge < -0.3 is 4.74 Å². The highest BCUT2D eigenvalue weighted by molar-refractivity contribution is 5.14. The average molecular weight is 234 g/mol. The molecule has 17 heavy (non-hydrogen) atoms. The monoisotopic (exact) mass is 234 g/mol. The van der Waals surface area contributed by atoms with Gasteiger partial charge in [0.05, 0.1) is 0 Å². The molecule has 94 valence electrons. The molecule has 1 aromatic heterocycles. The van der Waals surface area contributed by atoms with Crippen molar-refractivity contribution < 1.29 is 4.74 Å². The van der Waals surface area contributed by atoms with Gasteiger partial charge in [0.2, 0.25) is 0 Å². The molecule has 3 nitrogen and oxygen atoms in total. The number of pyridine rings is 1. The van der Waals surface area contributed by atoms with Crippen LogP contribution in [0.4, 0.5) is 0 Å². The second-order valence-corrected chi connectivity index (χ2v) is 4.74. The third-order valence-electron chi connectivity index (χ3n) is 3.42. The minimum atomic E-state index is 0.610. The summed E-state index contributed by atoms with van der Waals surface area (Å²) >= 11 is 0. The van der Waals surface area contributed by atoms with Crippen molar-refractivity contribution >= 4 is 0 Å². The molecule has 1 aromatic rings. The highest BCUT2D eigenvalue weighted by atomic mass is 16.5. The van der Waals surface area contributed by atoms with E-state index in [2.05, 4.69) is 23.0 Å². The van der Waals surface area contributed by atoms with Crippen molar-refractivity contribution in [1.82, 2.24) is 9.88 Å². The SMILES string of the molecule is C1CCOC1.CN1CCC[C@H]1c1cccnc1. The fourth-order valence-electron chi connectivity index (χ4n) is 2.41. The van der Waals surface area contributed by atoms with Gasteiger partial charge in [-0.15, -0.1) is 0 Å². The second-order valence-electron chi connectivity index (χ2n) is 4.74. The largest absolute Gasteiger partial charge is 0.381 e. The number of rotatable bonds is 1. The molecule has 2 aliphatic heterocycles. The van der Waals surface area contributed by atoms with E-state index in [9.17, 15) is 0 Å². The number of hydrogen-bond donors (Lipinski definition) is 0. The van der Waals surface area contributed by atoms with E-state index < -0.39 is 0 Å². The van der Waals surface area contributed by atoms with Crippen LogP contribution >= 0.6 is 0 Å². The highest BCUT2D eigenvalue weighted by Crippen LogP contribution is 2.29. The molecule has 2 fully saturated rings. The van der Waals surface area contributed by atoms with Crippen molar-refractivity contribution in [2.45, 2.75) is 31.7 Å². The van der Waals surface area contributed by atoms with Crippen molar-refractivity contribution in [3.05, 3.63) is 30.1 Å². The van der Waals surface area contributed by atoms with Gasteiger partial charge in [0.25, 0.3) is 0 Å². The summed E-state index contributed by atoms with van der Waals surface area (Å²) < 4.78 is 4.94. The van der Waals surface area contributed by atoms with Crippen molar-refractivity contribution in [1.29, 1.82) is 0 Å². The Morgan fingerprint density at radius 1 is 1.29 bits per heavy atom. The quantitative estimate of drug-likeness (QED) is 0.747. The smallest absolute Gasteiger partial charge is 0.0466 e. The Balaban J connectivity index is 0.000000181. The van der Waals surface area contributed by atoms with Gasteiger partial charge in [0.15, 0.2) is 0 Å². The van der Waals surface area contributed by atoms with Crippen molar-refractivity contribution in [3.8, 4) is 0 Å². The molecule has 0 spiro atoms. The predicted octanol–water partition coefficient (Wildman–Crippen LogP) is 2.65. The summed E-state index contributed by atoms with van der Waals surface area (Å²) in [6.45, 7) is 3.22. The van der Waals surface area contributed by atoms with Gasteiger partial charge in [-0.1, -0.05) is 6.07 Å². The maximum Gasteiger partial charge on any atom is 0.0466 e. The summed E-state index contributed by atoms with van der Waals surface area (Å²) in [6.07, 6.45) is 8.96. The van der Waals surface area contributed by atoms with E-state index in [1.54, 1.807) is 0 Å². The topological polar surface area (TPSA) is 25.4 Å². The third kappa shape index (κ3) is 3.79. The molecule has 0 unspecified atom stereocenters. The number of aromatic nitrogens is 1. The minimum absolute atomic E-state index is 0.610. The van der Waals surface area contributed by atoms with Gasteiger partial charge in [0, 0.05) is 31.6 Å². The molecule has 0 N–H and O–H groups in total. The molecule has 2 aliphatic rings. The maximum atomic E-state index is 4.94. The third-order valence-corrected chi connectivity index (χ3v) is 3.42. The first-order chi connectivity index (χ1) is 8.38. The second kappa shape index (κ2) is 6.72. The van der Waals surface area contributed by atoms with E-state index in [1.165, 1.54) is 37.8 Å². The molecule has 0 saturated carbocycles. The van der Waals surface area contributed by atoms with Crippen LogP contribution in [-0.2, 0) is 4.74 Å². The van der Waals surface area contributed by atoms with Crippen LogP contribution in [0.1, 0.15) is 37.3 Å². The first-order valence-electron chi connectivity index (χ1n) is 6.56. The molecule has 3 heterocycles. The van der Waals surface area contributed by atoms with Crippen LogP contribution in [-0.4, -0.2) is 36.7 Å². The van der Waals surface area contributed by atoms with Gasteiger partial charge >= 0.3 is 0 Å². The Labute approximate surface area is 104 Å². The lowest BCUT2D eigenvalue weighted by molar-refractivity contribution is 0.198. The first kappa shape index (κ1) is 12.5.